The Morgan fingerprint density at radius 2 is 2.07 bits per heavy atom. The number of aromatic carboxylic acids is 1. The summed E-state index contributed by atoms with van der Waals surface area (Å²) >= 11 is 0. The highest BCUT2D eigenvalue weighted by Crippen LogP contribution is 2.24. The maximum absolute atomic E-state index is 10.7. The van der Waals surface area contributed by atoms with Gasteiger partial charge >= 0.3 is 5.97 Å². The van der Waals surface area contributed by atoms with Gasteiger partial charge in [-0.25, -0.2) is 9.78 Å². The lowest BCUT2D eigenvalue weighted by Crippen LogP contribution is -2.00. The van der Waals surface area contributed by atoms with E-state index >= 15 is 0 Å². The van der Waals surface area contributed by atoms with Crippen molar-refractivity contribution in [1.29, 1.82) is 0 Å². The fraction of sp³-hybridized carbons (Fsp3) is 0.0909. The molecular weight excluding hydrogens is 194 g/mol. The number of aryl methyl sites for hydroxylation is 1. The van der Waals surface area contributed by atoms with Crippen LogP contribution in [0.25, 0.3) is 10.9 Å². The van der Waals surface area contributed by atoms with E-state index in [1.165, 1.54) is 0 Å². The standard InChI is InChI=1S/C11H9NO3/c1-6-2-3-8-7(4-6)10(13)5-9(12-8)11(14)15/h2-5H,1H3,(H,12,13)(H,14,15). The zero-order chi connectivity index (χ0) is 11.0. The number of aromatic hydroxyl groups is 1. The first-order valence-corrected chi connectivity index (χ1v) is 4.41. The Morgan fingerprint density at radius 3 is 2.73 bits per heavy atom. The molecular formula is C11H9NO3. The van der Waals surface area contributed by atoms with Crippen LogP contribution >= 0.6 is 0 Å². The van der Waals surface area contributed by atoms with Gasteiger partial charge in [-0.3, -0.25) is 0 Å². The number of rotatable bonds is 1. The van der Waals surface area contributed by atoms with Crippen LogP contribution in [0.4, 0.5) is 0 Å². The van der Waals surface area contributed by atoms with E-state index in [-0.39, 0.29) is 11.4 Å². The number of hydrogen-bond acceptors (Lipinski definition) is 3. The molecule has 0 unspecified atom stereocenters. The van der Waals surface area contributed by atoms with Crippen LogP contribution in [0.15, 0.2) is 24.3 Å². The topological polar surface area (TPSA) is 70.4 Å². The van der Waals surface area contributed by atoms with Gasteiger partial charge in [0.05, 0.1) is 5.52 Å². The summed E-state index contributed by atoms with van der Waals surface area (Å²) < 4.78 is 0. The van der Waals surface area contributed by atoms with E-state index in [9.17, 15) is 9.90 Å². The largest absolute Gasteiger partial charge is 0.507 e. The second-order valence-electron chi connectivity index (χ2n) is 3.35. The number of carbonyl (C=O) groups is 1. The van der Waals surface area contributed by atoms with Gasteiger partial charge in [0, 0.05) is 11.5 Å². The molecule has 0 amide bonds. The van der Waals surface area contributed by atoms with Crippen LogP contribution in [0.2, 0.25) is 0 Å². The summed E-state index contributed by atoms with van der Waals surface area (Å²) in [6, 6.07) is 6.44. The lowest BCUT2D eigenvalue weighted by atomic mass is 10.1. The average molecular weight is 203 g/mol. The number of carboxylic acid groups (broad SMARTS) is 1. The van der Waals surface area contributed by atoms with Crippen molar-refractivity contribution in [2.24, 2.45) is 0 Å². The first kappa shape index (κ1) is 9.45. The molecule has 0 saturated heterocycles. The van der Waals surface area contributed by atoms with Crippen molar-refractivity contribution in [1.82, 2.24) is 4.98 Å². The second-order valence-corrected chi connectivity index (χ2v) is 3.35. The van der Waals surface area contributed by atoms with Crippen LogP contribution in [0, 0.1) is 6.92 Å². The van der Waals surface area contributed by atoms with Gasteiger partial charge in [-0.2, -0.15) is 0 Å². The summed E-state index contributed by atoms with van der Waals surface area (Å²) in [5, 5.41) is 18.9. The molecule has 1 aromatic carbocycles. The number of hydrogen-bond donors (Lipinski definition) is 2. The maximum atomic E-state index is 10.7. The van der Waals surface area contributed by atoms with Crippen molar-refractivity contribution in [2.45, 2.75) is 6.92 Å². The zero-order valence-electron chi connectivity index (χ0n) is 8.06. The molecule has 0 aliphatic rings. The summed E-state index contributed by atoms with van der Waals surface area (Å²) in [5.41, 5.74) is 1.32. The average Bonchev–Trinajstić information content (AvgIpc) is 2.18. The van der Waals surface area contributed by atoms with Crippen LogP contribution in [0.3, 0.4) is 0 Å². The van der Waals surface area contributed by atoms with Gasteiger partial charge in [0.1, 0.15) is 5.75 Å². The molecule has 4 heteroatoms. The highest BCUT2D eigenvalue weighted by atomic mass is 16.4. The van der Waals surface area contributed by atoms with Gasteiger partial charge in [0.2, 0.25) is 0 Å². The molecule has 1 heterocycles. The number of carboxylic acids is 1. The molecule has 0 bridgehead atoms. The first-order chi connectivity index (χ1) is 7.08. The van der Waals surface area contributed by atoms with E-state index in [0.29, 0.717) is 10.9 Å². The minimum Gasteiger partial charge on any atom is -0.507 e. The summed E-state index contributed by atoms with van der Waals surface area (Å²) in [6.45, 7) is 1.89. The monoisotopic (exact) mass is 203 g/mol. The third-order valence-electron chi connectivity index (χ3n) is 2.16. The predicted octanol–water partition coefficient (Wildman–Crippen LogP) is 1.95. The molecule has 0 fully saturated rings. The minimum absolute atomic E-state index is 0.0545. The number of pyridine rings is 1. The molecule has 0 aliphatic carbocycles. The van der Waals surface area contributed by atoms with Crippen LogP contribution < -0.4 is 0 Å². The Balaban J connectivity index is 2.78. The molecule has 15 heavy (non-hydrogen) atoms. The van der Waals surface area contributed by atoms with Crippen molar-refractivity contribution < 1.29 is 15.0 Å². The SMILES string of the molecule is Cc1ccc2nc(C(=O)O)cc(O)c2c1. The molecule has 0 saturated carbocycles. The number of benzene rings is 1. The number of fused-ring (bicyclic) bond motifs is 1. The van der Waals surface area contributed by atoms with Gasteiger partial charge in [0.25, 0.3) is 0 Å². The third kappa shape index (κ3) is 1.61. The summed E-state index contributed by atoms with van der Waals surface area (Å²) in [7, 11) is 0. The Kier molecular flexibility index (Phi) is 2.04. The minimum atomic E-state index is -1.15. The molecule has 2 aromatic rings. The first-order valence-electron chi connectivity index (χ1n) is 4.41. The van der Waals surface area contributed by atoms with Crippen molar-refractivity contribution in [3.8, 4) is 5.75 Å². The summed E-state index contributed by atoms with van der Waals surface area (Å²) in [6.07, 6.45) is 0. The number of aromatic nitrogens is 1. The Morgan fingerprint density at radius 1 is 1.33 bits per heavy atom. The maximum Gasteiger partial charge on any atom is 0.354 e. The molecule has 0 aliphatic heterocycles. The van der Waals surface area contributed by atoms with E-state index in [2.05, 4.69) is 4.98 Å². The van der Waals surface area contributed by atoms with Gasteiger partial charge < -0.3 is 10.2 Å². The van der Waals surface area contributed by atoms with E-state index in [0.717, 1.165) is 11.6 Å². The molecule has 0 radical (unpaired) electrons. The van der Waals surface area contributed by atoms with Gasteiger partial charge in [0.15, 0.2) is 5.69 Å². The van der Waals surface area contributed by atoms with Crippen molar-refractivity contribution >= 4 is 16.9 Å². The molecule has 4 nitrogen and oxygen atoms in total. The highest BCUT2D eigenvalue weighted by Gasteiger charge is 2.09. The van der Waals surface area contributed by atoms with Crippen LogP contribution in [-0.2, 0) is 0 Å². The van der Waals surface area contributed by atoms with E-state index in [1.807, 2.05) is 13.0 Å². The van der Waals surface area contributed by atoms with E-state index in [1.54, 1.807) is 12.1 Å². The fourth-order valence-electron chi connectivity index (χ4n) is 1.43. The Labute approximate surface area is 85.8 Å². The Bertz CT molecular complexity index is 549. The highest BCUT2D eigenvalue weighted by molar-refractivity contribution is 5.93. The lowest BCUT2D eigenvalue weighted by molar-refractivity contribution is 0.0690. The van der Waals surface area contributed by atoms with Crippen LogP contribution in [0.1, 0.15) is 16.1 Å². The summed E-state index contributed by atoms with van der Waals surface area (Å²) in [4.78, 5) is 14.6. The van der Waals surface area contributed by atoms with Gasteiger partial charge in [-0.15, -0.1) is 0 Å². The smallest absolute Gasteiger partial charge is 0.354 e. The van der Waals surface area contributed by atoms with Crippen molar-refractivity contribution in [3.63, 3.8) is 0 Å². The Hall–Kier alpha value is -2.10. The van der Waals surface area contributed by atoms with Gasteiger partial charge in [-0.05, 0) is 19.1 Å². The summed E-state index contributed by atoms with van der Waals surface area (Å²) in [5.74, 6) is -1.20. The molecule has 0 atom stereocenters. The second kappa shape index (κ2) is 3.24. The van der Waals surface area contributed by atoms with Crippen molar-refractivity contribution in [3.05, 3.63) is 35.5 Å². The predicted molar refractivity (Wildman–Crippen MR) is 55.1 cm³/mol. The fourth-order valence-corrected chi connectivity index (χ4v) is 1.43. The third-order valence-corrected chi connectivity index (χ3v) is 2.16. The molecule has 2 rings (SSSR count). The van der Waals surface area contributed by atoms with Crippen LogP contribution in [0.5, 0.6) is 5.75 Å². The van der Waals surface area contributed by atoms with Crippen molar-refractivity contribution in [2.75, 3.05) is 0 Å². The van der Waals surface area contributed by atoms with E-state index in [4.69, 9.17) is 5.11 Å². The molecule has 1 aromatic heterocycles. The normalized spacial score (nSPS) is 10.5. The van der Waals surface area contributed by atoms with Crippen LogP contribution in [-0.4, -0.2) is 21.2 Å². The zero-order valence-corrected chi connectivity index (χ0v) is 8.06. The van der Waals surface area contributed by atoms with Gasteiger partial charge in [-0.1, -0.05) is 11.6 Å². The molecule has 0 spiro atoms. The molecule has 76 valence electrons. The number of nitrogens with zero attached hydrogens (tertiary/aromatic N) is 1. The lowest BCUT2D eigenvalue weighted by Gasteiger charge is -2.03. The quantitative estimate of drug-likeness (QED) is 0.743. The van der Waals surface area contributed by atoms with E-state index < -0.39 is 5.97 Å². The molecule has 2 N–H and O–H groups in total.